The summed E-state index contributed by atoms with van der Waals surface area (Å²) in [6, 6.07) is 2.18. The fraction of sp³-hybridized carbons (Fsp3) is 0.385. The molecule has 1 atom stereocenters. The van der Waals surface area contributed by atoms with Gasteiger partial charge in [0.1, 0.15) is 0 Å². The molecule has 0 radical (unpaired) electrons. The molecule has 2 aromatic rings. The van der Waals surface area contributed by atoms with Crippen LogP contribution in [0.4, 0.5) is 39.5 Å². The molecule has 1 saturated heterocycles. The lowest BCUT2D eigenvalue weighted by atomic mass is 9.63. The van der Waals surface area contributed by atoms with Gasteiger partial charge in [-0.2, -0.15) is 39.5 Å². The summed E-state index contributed by atoms with van der Waals surface area (Å²) in [7, 11) is 0. The zero-order valence-corrected chi connectivity index (χ0v) is 20.0. The Balaban J connectivity index is 1.52. The van der Waals surface area contributed by atoms with Gasteiger partial charge in [-0.05, 0) is 54.3 Å². The Hall–Kier alpha value is -3.51. The fourth-order valence-corrected chi connectivity index (χ4v) is 4.77. The molecule has 4 rings (SSSR count). The number of hydrogen-bond acceptors (Lipinski definition) is 2. The molecule has 4 nitrogen and oxygen atoms in total. The molecule has 2 aromatic carbocycles. The van der Waals surface area contributed by atoms with E-state index < -0.39 is 58.6 Å². The van der Waals surface area contributed by atoms with Gasteiger partial charge in [0, 0.05) is 24.6 Å². The van der Waals surface area contributed by atoms with E-state index in [1.54, 1.807) is 5.32 Å². The summed E-state index contributed by atoms with van der Waals surface area (Å²) >= 11 is 0. The van der Waals surface area contributed by atoms with Gasteiger partial charge < -0.3 is 10.2 Å². The molecule has 210 valence electrons. The van der Waals surface area contributed by atoms with Crippen molar-refractivity contribution in [1.82, 2.24) is 10.2 Å². The minimum absolute atomic E-state index is 0.00751. The van der Waals surface area contributed by atoms with Crippen molar-refractivity contribution in [3.8, 4) is 0 Å². The van der Waals surface area contributed by atoms with Gasteiger partial charge in [-0.25, -0.2) is 0 Å². The molecular weight excluding hydrogens is 543 g/mol. The van der Waals surface area contributed by atoms with E-state index in [0.717, 1.165) is 49.6 Å². The van der Waals surface area contributed by atoms with Crippen LogP contribution in [0.3, 0.4) is 0 Å². The fourth-order valence-electron chi connectivity index (χ4n) is 4.77. The normalized spacial score (nSPS) is 18.0. The van der Waals surface area contributed by atoms with Gasteiger partial charge in [0.2, 0.25) is 5.91 Å². The number of carbonyl (C=O) groups is 2. The van der Waals surface area contributed by atoms with Gasteiger partial charge in [-0.15, -0.1) is 0 Å². The number of nitrogens with one attached hydrogen (secondary N) is 1. The number of alkyl halides is 9. The molecule has 13 heteroatoms. The average Bonchev–Trinajstić information content (AvgIpc) is 2.77. The monoisotopic (exact) mass is 564 g/mol. The van der Waals surface area contributed by atoms with Gasteiger partial charge in [-0.3, -0.25) is 9.59 Å². The van der Waals surface area contributed by atoms with E-state index in [0.29, 0.717) is 31.3 Å². The first kappa shape index (κ1) is 28.5. The first-order valence-electron chi connectivity index (χ1n) is 11.7. The number of likely N-dealkylation sites (tertiary alicyclic amines) is 1. The number of carbonyl (C=O) groups excluding carboxylic acids is 2. The van der Waals surface area contributed by atoms with Crippen LogP contribution in [-0.4, -0.2) is 36.0 Å². The topological polar surface area (TPSA) is 49.4 Å². The largest absolute Gasteiger partial charge is 0.417 e. The van der Waals surface area contributed by atoms with Crippen LogP contribution < -0.4 is 5.32 Å². The first-order chi connectivity index (χ1) is 18.0. The van der Waals surface area contributed by atoms with Crippen molar-refractivity contribution in [3.63, 3.8) is 0 Å². The Morgan fingerprint density at radius 3 is 2.10 bits per heavy atom. The summed E-state index contributed by atoms with van der Waals surface area (Å²) in [5.41, 5.74) is -4.31. The summed E-state index contributed by atoms with van der Waals surface area (Å²) in [4.78, 5) is 26.2. The molecule has 39 heavy (non-hydrogen) atoms. The molecule has 1 saturated carbocycles. The molecule has 2 amide bonds. The van der Waals surface area contributed by atoms with Crippen LogP contribution in [0.25, 0.3) is 6.08 Å². The molecule has 1 heterocycles. The Morgan fingerprint density at radius 2 is 1.56 bits per heavy atom. The highest BCUT2D eigenvalue weighted by molar-refractivity contribution is 5.97. The Kier molecular flexibility index (Phi) is 7.24. The van der Waals surface area contributed by atoms with E-state index >= 15 is 0 Å². The number of benzene rings is 2. The van der Waals surface area contributed by atoms with Crippen molar-refractivity contribution in [2.45, 2.75) is 43.8 Å². The SMILES string of the molecule is O=C(/C=C/c1ccc(C(=O)N2CC3(CCC3)C2)c(C(F)(F)F)c1)NC(c1cccc(C(F)(F)F)c1)C(F)(F)F. The van der Waals surface area contributed by atoms with Crippen molar-refractivity contribution in [1.29, 1.82) is 0 Å². The third-order valence-electron chi connectivity index (χ3n) is 6.92. The maximum absolute atomic E-state index is 13.7. The predicted molar refractivity (Wildman–Crippen MR) is 121 cm³/mol. The van der Waals surface area contributed by atoms with Gasteiger partial charge >= 0.3 is 18.5 Å². The van der Waals surface area contributed by atoms with E-state index in [1.165, 1.54) is 4.90 Å². The molecule has 0 aromatic heterocycles. The second kappa shape index (κ2) is 9.91. The van der Waals surface area contributed by atoms with Crippen molar-refractivity contribution in [2.75, 3.05) is 13.1 Å². The molecule has 2 fully saturated rings. The molecule has 1 aliphatic carbocycles. The van der Waals surface area contributed by atoms with Gasteiger partial charge in [-0.1, -0.05) is 24.6 Å². The molecule has 1 aliphatic heterocycles. The minimum Gasteiger partial charge on any atom is -0.337 e. The number of amides is 2. The van der Waals surface area contributed by atoms with Crippen LogP contribution in [0.1, 0.15) is 57.9 Å². The number of nitrogens with zero attached hydrogens (tertiary/aromatic N) is 1. The highest BCUT2D eigenvalue weighted by Crippen LogP contribution is 2.49. The van der Waals surface area contributed by atoms with Crippen LogP contribution in [0.5, 0.6) is 0 Å². The summed E-state index contributed by atoms with van der Waals surface area (Å²) in [5, 5.41) is 1.54. The van der Waals surface area contributed by atoms with E-state index in [4.69, 9.17) is 0 Å². The molecular formula is C26H21F9N2O2. The second-order valence-electron chi connectivity index (χ2n) is 9.76. The predicted octanol–water partition coefficient (Wildman–Crippen LogP) is 6.78. The smallest absolute Gasteiger partial charge is 0.337 e. The van der Waals surface area contributed by atoms with Crippen LogP contribution in [-0.2, 0) is 17.1 Å². The highest BCUT2D eigenvalue weighted by Gasteiger charge is 2.50. The van der Waals surface area contributed by atoms with Gasteiger partial charge in [0.25, 0.3) is 5.91 Å². The lowest BCUT2D eigenvalue weighted by Gasteiger charge is -2.56. The Labute approximate surface area is 216 Å². The van der Waals surface area contributed by atoms with Crippen molar-refractivity contribution >= 4 is 17.9 Å². The quantitative estimate of drug-likeness (QED) is 0.322. The van der Waals surface area contributed by atoms with Crippen molar-refractivity contribution < 1.29 is 49.1 Å². The lowest BCUT2D eigenvalue weighted by Crippen LogP contribution is -2.61. The van der Waals surface area contributed by atoms with E-state index in [9.17, 15) is 49.1 Å². The molecule has 1 unspecified atom stereocenters. The lowest BCUT2D eigenvalue weighted by molar-refractivity contribution is -0.162. The first-order valence-corrected chi connectivity index (χ1v) is 11.7. The average molecular weight is 564 g/mol. The number of hydrogen-bond donors (Lipinski definition) is 1. The zero-order valence-electron chi connectivity index (χ0n) is 20.0. The highest BCUT2D eigenvalue weighted by atomic mass is 19.4. The Morgan fingerprint density at radius 1 is 0.897 bits per heavy atom. The Bertz CT molecular complexity index is 1280. The third-order valence-corrected chi connectivity index (χ3v) is 6.92. The summed E-state index contributed by atoms with van der Waals surface area (Å²) in [6.07, 6.45) is -10.9. The molecule has 1 N–H and O–H groups in total. The van der Waals surface area contributed by atoms with E-state index in [-0.39, 0.29) is 17.0 Å². The van der Waals surface area contributed by atoms with Crippen molar-refractivity contribution in [2.24, 2.45) is 5.41 Å². The molecule has 0 bridgehead atoms. The molecule has 1 spiro atoms. The van der Waals surface area contributed by atoms with Gasteiger partial charge in [0.05, 0.1) is 16.7 Å². The number of halogens is 9. The van der Waals surface area contributed by atoms with Crippen LogP contribution in [0, 0.1) is 5.41 Å². The summed E-state index contributed by atoms with van der Waals surface area (Å²) in [5.74, 6) is -2.20. The van der Waals surface area contributed by atoms with E-state index in [1.807, 2.05) is 0 Å². The maximum Gasteiger partial charge on any atom is 0.417 e. The van der Waals surface area contributed by atoms with Crippen LogP contribution >= 0.6 is 0 Å². The number of rotatable bonds is 5. The third kappa shape index (κ3) is 6.22. The van der Waals surface area contributed by atoms with Gasteiger partial charge in [0.15, 0.2) is 6.04 Å². The zero-order chi connectivity index (χ0) is 28.8. The molecule has 2 aliphatic rings. The summed E-state index contributed by atoms with van der Waals surface area (Å²) < 4.78 is 121. The van der Waals surface area contributed by atoms with Crippen LogP contribution in [0.2, 0.25) is 0 Å². The second-order valence-corrected chi connectivity index (χ2v) is 9.76. The van der Waals surface area contributed by atoms with Crippen LogP contribution in [0.15, 0.2) is 48.5 Å². The van der Waals surface area contributed by atoms with E-state index in [2.05, 4.69) is 0 Å². The standard InChI is InChI=1S/C26H21F9N2O2/c27-24(28,29)17-4-1-3-16(12-17)21(26(33,34)35)36-20(38)8-6-15-5-7-18(19(11-15)25(30,31)32)22(39)37-13-23(14-37)9-2-10-23/h1,3-8,11-12,21H,2,9-10,13-14H2,(H,36,38)/b8-6+. The maximum atomic E-state index is 13.7. The minimum atomic E-state index is -5.17. The summed E-state index contributed by atoms with van der Waals surface area (Å²) in [6.45, 7) is 0.744. The van der Waals surface area contributed by atoms with Crippen molar-refractivity contribution in [3.05, 3.63) is 76.4 Å².